The predicted molar refractivity (Wildman–Crippen MR) is 85.5 cm³/mol. The minimum atomic E-state index is 0.214. The van der Waals surface area contributed by atoms with Gasteiger partial charge in [0.2, 0.25) is 0 Å². The van der Waals surface area contributed by atoms with Crippen LogP contribution in [0.1, 0.15) is 37.9 Å². The van der Waals surface area contributed by atoms with Crippen molar-refractivity contribution in [2.45, 2.75) is 39.3 Å². The molecule has 1 N–H and O–H groups in total. The molecule has 1 unspecified atom stereocenters. The van der Waals surface area contributed by atoms with Gasteiger partial charge < -0.3 is 10.1 Å². The van der Waals surface area contributed by atoms with Gasteiger partial charge in [-0.15, -0.1) is 0 Å². The average molecular weight is 287 g/mol. The van der Waals surface area contributed by atoms with Gasteiger partial charge in [0, 0.05) is 19.3 Å². The first-order valence-electron chi connectivity index (χ1n) is 7.52. The Kier molecular flexibility index (Phi) is 5.39. The second-order valence-corrected chi connectivity index (χ2v) is 5.68. The van der Waals surface area contributed by atoms with Crippen LogP contribution in [0, 0.1) is 0 Å². The Morgan fingerprint density at radius 1 is 1.19 bits per heavy atom. The van der Waals surface area contributed by atoms with Crippen LogP contribution in [0.3, 0.4) is 0 Å². The third-order valence-electron chi connectivity index (χ3n) is 3.37. The van der Waals surface area contributed by atoms with Gasteiger partial charge in [-0.05, 0) is 57.0 Å². The molecule has 0 aliphatic carbocycles. The van der Waals surface area contributed by atoms with E-state index in [1.807, 2.05) is 43.9 Å². The van der Waals surface area contributed by atoms with E-state index in [-0.39, 0.29) is 6.10 Å². The van der Waals surface area contributed by atoms with Gasteiger partial charge in [-0.3, -0.25) is 4.68 Å². The first-order valence-corrected chi connectivity index (χ1v) is 7.52. The zero-order valence-corrected chi connectivity index (χ0v) is 13.3. The van der Waals surface area contributed by atoms with Gasteiger partial charge in [-0.1, -0.05) is 12.1 Å². The number of aryl methyl sites for hydroxylation is 1. The number of ether oxygens (including phenoxy) is 1. The minimum absolute atomic E-state index is 0.214. The molecule has 0 amide bonds. The summed E-state index contributed by atoms with van der Waals surface area (Å²) in [6, 6.07) is 8.65. The first-order chi connectivity index (χ1) is 10.0. The summed E-state index contributed by atoms with van der Waals surface area (Å²) in [5.41, 5.74) is 2.54. The van der Waals surface area contributed by atoms with Gasteiger partial charge in [-0.25, -0.2) is 0 Å². The van der Waals surface area contributed by atoms with E-state index in [4.69, 9.17) is 4.74 Å². The number of rotatable bonds is 7. The average Bonchev–Trinajstić information content (AvgIpc) is 2.84. The van der Waals surface area contributed by atoms with E-state index >= 15 is 0 Å². The zero-order chi connectivity index (χ0) is 15.2. The largest absolute Gasteiger partial charge is 0.491 e. The highest BCUT2D eigenvalue weighted by atomic mass is 16.5. The molecule has 0 radical (unpaired) electrons. The van der Waals surface area contributed by atoms with E-state index in [2.05, 4.69) is 35.7 Å². The van der Waals surface area contributed by atoms with Crippen molar-refractivity contribution in [1.29, 1.82) is 0 Å². The number of nitrogens with one attached hydrogen (secondary N) is 1. The van der Waals surface area contributed by atoms with Crippen LogP contribution in [0.2, 0.25) is 0 Å². The zero-order valence-electron chi connectivity index (χ0n) is 13.3. The Hall–Kier alpha value is -1.81. The maximum atomic E-state index is 5.66. The molecular weight excluding hydrogens is 262 g/mol. The molecule has 0 aliphatic rings. The Bertz CT molecular complexity index is 545. The highest BCUT2D eigenvalue weighted by molar-refractivity contribution is 5.29. The third-order valence-corrected chi connectivity index (χ3v) is 3.37. The van der Waals surface area contributed by atoms with Crippen LogP contribution in [-0.4, -0.2) is 22.4 Å². The number of nitrogens with zero attached hydrogens (tertiary/aromatic N) is 2. The molecular formula is C17H25N3O. The first kappa shape index (κ1) is 15.6. The van der Waals surface area contributed by atoms with Gasteiger partial charge in [0.25, 0.3) is 0 Å². The normalized spacial score (nSPS) is 12.6. The molecule has 1 heterocycles. The smallest absolute Gasteiger partial charge is 0.119 e. The van der Waals surface area contributed by atoms with Crippen LogP contribution < -0.4 is 10.1 Å². The van der Waals surface area contributed by atoms with Crippen molar-refractivity contribution in [2.24, 2.45) is 7.05 Å². The van der Waals surface area contributed by atoms with E-state index in [1.165, 1.54) is 11.1 Å². The lowest BCUT2D eigenvalue weighted by Crippen LogP contribution is -2.21. The topological polar surface area (TPSA) is 39.1 Å². The Balaban J connectivity index is 1.81. The molecule has 1 aromatic heterocycles. The Labute approximate surface area is 127 Å². The molecule has 0 fully saturated rings. The SMILES string of the molecule is CC(C)Oc1ccc(C(C)NCCc2cnn(C)c2)cc1. The molecule has 21 heavy (non-hydrogen) atoms. The molecule has 0 saturated heterocycles. The molecule has 0 spiro atoms. The summed E-state index contributed by atoms with van der Waals surface area (Å²) < 4.78 is 7.50. The maximum Gasteiger partial charge on any atom is 0.119 e. The molecule has 1 aromatic carbocycles. The van der Waals surface area contributed by atoms with Crippen LogP contribution in [0.4, 0.5) is 0 Å². The van der Waals surface area contributed by atoms with Crippen molar-refractivity contribution in [2.75, 3.05) is 6.54 Å². The van der Waals surface area contributed by atoms with Crippen LogP contribution in [0.5, 0.6) is 5.75 Å². The second kappa shape index (κ2) is 7.27. The van der Waals surface area contributed by atoms with E-state index in [0.29, 0.717) is 6.04 Å². The molecule has 1 atom stereocenters. The maximum absolute atomic E-state index is 5.66. The minimum Gasteiger partial charge on any atom is -0.491 e. The molecule has 114 valence electrons. The summed E-state index contributed by atoms with van der Waals surface area (Å²) in [6.45, 7) is 7.20. The molecule has 0 saturated carbocycles. The number of hydrogen-bond acceptors (Lipinski definition) is 3. The number of aromatic nitrogens is 2. The standard InChI is InChI=1S/C17H25N3O/c1-13(2)21-17-7-5-16(6-8-17)14(3)18-10-9-15-11-19-20(4)12-15/h5-8,11-14,18H,9-10H2,1-4H3. The van der Waals surface area contributed by atoms with Crippen molar-refractivity contribution in [3.05, 3.63) is 47.8 Å². The monoisotopic (exact) mass is 287 g/mol. The molecule has 4 heteroatoms. The van der Waals surface area contributed by atoms with Crippen molar-refractivity contribution < 1.29 is 4.74 Å². The van der Waals surface area contributed by atoms with Gasteiger partial charge in [0.15, 0.2) is 0 Å². The Morgan fingerprint density at radius 3 is 2.48 bits per heavy atom. The molecule has 0 aliphatic heterocycles. The van der Waals surface area contributed by atoms with Crippen molar-refractivity contribution in [1.82, 2.24) is 15.1 Å². The Morgan fingerprint density at radius 2 is 1.90 bits per heavy atom. The summed E-state index contributed by atoms with van der Waals surface area (Å²) in [7, 11) is 1.94. The van der Waals surface area contributed by atoms with Crippen LogP contribution in [0.15, 0.2) is 36.7 Å². The summed E-state index contributed by atoms with van der Waals surface area (Å²) in [5, 5.41) is 7.72. The highest BCUT2D eigenvalue weighted by Crippen LogP contribution is 2.18. The van der Waals surface area contributed by atoms with Crippen molar-refractivity contribution in [3.63, 3.8) is 0 Å². The lowest BCUT2D eigenvalue weighted by atomic mass is 10.1. The lowest BCUT2D eigenvalue weighted by Gasteiger charge is -2.15. The van der Waals surface area contributed by atoms with E-state index in [1.54, 1.807) is 0 Å². The summed E-state index contributed by atoms with van der Waals surface area (Å²) >= 11 is 0. The highest BCUT2D eigenvalue weighted by Gasteiger charge is 2.06. The molecule has 2 aromatic rings. The van der Waals surface area contributed by atoms with Gasteiger partial charge in [0.05, 0.1) is 12.3 Å². The van der Waals surface area contributed by atoms with Crippen molar-refractivity contribution in [3.8, 4) is 5.75 Å². The van der Waals surface area contributed by atoms with E-state index in [9.17, 15) is 0 Å². The summed E-state index contributed by atoms with van der Waals surface area (Å²) in [5.74, 6) is 0.927. The fourth-order valence-electron chi connectivity index (χ4n) is 2.26. The second-order valence-electron chi connectivity index (χ2n) is 5.68. The van der Waals surface area contributed by atoms with Crippen molar-refractivity contribution >= 4 is 0 Å². The van der Waals surface area contributed by atoms with E-state index < -0.39 is 0 Å². The quantitative estimate of drug-likeness (QED) is 0.850. The summed E-state index contributed by atoms with van der Waals surface area (Å²) in [4.78, 5) is 0. The fraction of sp³-hybridized carbons (Fsp3) is 0.471. The van der Waals surface area contributed by atoms with Crippen LogP contribution >= 0.6 is 0 Å². The van der Waals surface area contributed by atoms with Gasteiger partial charge in [0.1, 0.15) is 5.75 Å². The summed E-state index contributed by atoms with van der Waals surface area (Å²) in [6.07, 6.45) is 5.19. The number of hydrogen-bond donors (Lipinski definition) is 1. The third kappa shape index (κ3) is 4.90. The molecule has 2 rings (SSSR count). The number of benzene rings is 1. The van der Waals surface area contributed by atoms with Crippen LogP contribution in [-0.2, 0) is 13.5 Å². The molecule has 0 bridgehead atoms. The lowest BCUT2D eigenvalue weighted by molar-refractivity contribution is 0.242. The predicted octanol–water partition coefficient (Wildman–Crippen LogP) is 3.10. The van der Waals surface area contributed by atoms with Crippen LogP contribution in [0.25, 0.3) is 0 Å². The van der Waals surface area contributed by atoms with E-state index in [0.717, 1.165) is 18.7 Å². The fourth-order valence-corrected chi connectivity index (χ4v) is 2.26. The van der Waals surface area contributed by atoms with Gasteiger partial charge in [-0.2, -0.15) is 5.10 Å². The molecule has 4 nitrogen and oxygen atoms in total. The van der Waals surface area contributed by atoms with Gasteiger partial charge >= 0.3 is 0 Å².